The molecule has 1 amide bonds. The number of hydrogen-bond donors (Lipinski definition) is 1. The summed E-state index contributed by atoms with van der Waals surface area (Å²) in [7, 11) is 1.63. The Morgan fingerprint density at radius 3 is 3.00 bits per heavy atom. The minimum Gasteiger partial charge on any atom is -0.496 e. The highest BCUT2D eigenvalue weighted by Crippen LogP contribution is 2.24. The van der Waals surface area contributed by atoms with Crippen LogP contribution in [0, 0.1) is 5.92 Å². The minimum absolute atomic E-state index is 0.0439. The summed E-state index contributed by atoms with van der Waals surface area (Å²) in [5.74, 6) is 1.44. The highest BCUT2D eigenvalue weighted by atomic mass is 35.5. The van der Waals surface area contributed by atoms with Gasteiger partial charge in [-0.25, -0.2) is 0 Å². The molecule has 1 aliphatic rings. The largest absolute Gasteiger partial charge is 0.496 e. The molecule has 1 saturated heterocycles. The van der Waals surface area contributed by atoms with Gasteiger partial charge in [0.2, 0.25) is 11.9 Å². The molecule has 0 radical (unpaired) electrons. The topological polar surface area (TPSA) is 71.8 Å². The molecule has 1 aromatic carbocycles. The summed E-state index contributed by atoms with van der Waals surface area (Å²) in [4.78, 5) is 14.9. The number of nitrogens with zero attached hydrogens (tertiary/aromatic N) is 4. The second-order valence-corrected chi connectivity index (χ2v) is 7.33. The van der Waals surface area contributed by atoms with Crippen LogP contribution in [0.3, 0.4) is 0 Å². The zero-order chi connectivity index (χ0) is 19.5. The van der Waals surface area contributed by atoms with Crippen molar-refractivity contribution in [1.82, 2.24) is 19.9 Å². The standard InChI is InChI=1S/C20H22ClN5O2/c1-28-17-7-3-2-5-14(17)11-22-19(27)15-6-4-10-25(12-15)20-24-23-18-9-8-16(21)13-26(18)20/h2-3,5,7-9,13,15H,4,6,10-12H2,1H3,(H,22,27)/t15-/m1/s1. The Morgan fingerprint density at radius 2 is 2.14 bits per heavy atom. The van der Waals surface area contributed by atoms with E-state index in [1.165, 1.54) is 0 Å². The normalized spacial score (nSPS) is 16.9. The fourth-order valence-corrected chi connectivity index (χ4v) is 3.78. The number of piperidine rings is 1. The molecule has 0 bridgehead atoms. The van der Waals surface area contributed by atoms with Crippen LogP contribution in [-0.4, -0.2) is 40.7 Å². The average Bonchev–Trinajstić information content (AvgIpc) is 3.15. The first-order valence-electron chi connectivity index (χ1n) is 9.30. The second kappa shape index (κ2) is 8.06. The van der Waals surface area contributed by atoms with Gasteiger partial charge in [0.05, 0.1) is 18.1 Å². The van der Waals surface area contributed by atoms with E-state index in [4.69, 9.17) is 16.3 Å². The molecule has 2 aromatic heterocycles. The molecular formula is C20H22ClN5O2. The van der Waals surface area contributed by atoms with Crippen LogP contribution in [0.5, 0.6) is 5.75 Å². The molecule has 28 heavy (non-hydrogen) atoms. The van der Waals surface area contributed by atoms with Crippen LogP contribution in [0.25, 0.3) is 5.65 Å². The maximum atomic E-state index is 12.8. The number of rotatable bonds is 5. The fraction of sp³-hybridized carbons (Fsp3) is 0.350. The third-order valence-electron chi connectivity index (χ3n) is 5.07. The first-order valence-corrected chi connectivity index (χ1v) is 9.68. The predicted octanol–water partition coefficient (Wildman–Crippen LogP) is 2.92. The Morgan fingerprint density at radius 1 is 1.29 bits per heavy atom. The van der Waals surface area contributed by atoms with Gasteiger partial charge in [0.25, 0.3) is 0 Å². The number of amides is 1. The van der Waals surface area contributed by atoms with Crippen molar-refractivity contribution in [2.24, 2.45) is 5.92 Å². The summed E-state index contributed by atoms with van der Waals surface area (Å²) < 4.78 is 7.22. The van der Waals surface area contributed by atoms with Crippen molar-refractivity contribution in [1.29, 1.82) is 0 Å². The number of anilines is 1. The second-order valence-electron chi connectivity index (χ2n) is 6.89. The molecule has 1 aliphatic heterocycles. The van der Waals surface area contributed by atoms with E-state index in [2.05, 4.69) is 20.4 Å². The fourth-order valence-electron chi connectivity index (χ4n) is 3.62. The molecular weight excluding hydrogens is 378 g/mol. The highest BCUT2D eigenvalue weighted by molar-refractivity contribution is 6.30. The van der Waals surface area contributed by atoms with Crippen LogP contribution in [0.2, 0.25) is 5.02 Å². The lowest BCUT2D eigenvalue weighted by Crippen LogP contribution is -2.43. The monoisotopic (exact) mass is 399 g/mol. The van der Waals surface area contributed by atoms with E-state index < -0.39 is 0 Å². The molecule has 3 heterocycles. The lowest BCUT2D eigenvalue weighted by atomic mass is 9.97. The van der Waals surface area contributed by atoms with Crippen LogP contribution >= 0.6 is 11.6 Å². The molecule has 7 nitrogen and oxygen atoms in total. The van der Waals surface area contributed by atoms with E-state index in [1.807, 2.05) is 34.7 Å². The molecule has 4 rings (SSSR count). The van der Waals surface area contributed by atoms with Crippen molar-refractivity contribution in [2.45, 2.75) is 19.4 Å². The Bertz CT molecular complexity index is 990. The molecule has 1 fully saturated rings. The van der Waals surface area contributed by atoms with Gasteiger partial charge in [0.15, 0.2) is 5.65 Å². The third-order valence-corrected chi connectivity index (χ3v) is 5.29. The van der Waals surface area contributed by atoms with E-state index in [0.29, 0.717) is 18.1 Å². The van der Waals surface area contributed by atoms with Crippen LogP contribution in [0.15, 0.2) is 42.6 Å². The molecule has 0 unspecified atom stereocenters. The van der Waals surface area contributed by atoms with Crippen LogP contribution in [0.1, 0.15) is 18.4 Å². The number of benzene rings is 1. The van der Waals surface area contributed by atoms with Crippen molar-refractivity contribution in [3.63, 3.8) is 0 Å². The zero-order valence-corrected chi connectivity index (χ0v) is 16.4. The molecule has 8 heteroatoms. The molecule has 3 aromatic rings. The number of pyridine rings is 1. The van der Waals surface area contributed by atoms with Crippen molar-refractivity contribution in [2.75, 3.05) is 25.1 Å². The van der Waals surface area contributed by atoms with Gasteiger partial charge in [-0.05, 0) is 31.0 Å². The Hall–Kier alpha value is -2.80. The molecule has 0 spiro atoms. The summed E-state index contributed by atoms with van der Waals surface area (Å²) in [6, 6.07) is 11.3. The first kappa shape index (κ1) is 18.6. The number of hydrogen-bond acceptors (Lipinski definition) is 5. The number of carbonyl (C=O) groups excluding carboxylic acids is 1. The van der Waals surface area contributed by atoms with Gasteiger partial charge < -0.3 is 15.0 Å². The molecule has 0 aliphatic carbocycles. The molecule has 0 saturated carbocycles. The third kappa shape index (κ3) is 3.75. The summed E-state index contributed by atoms with van der Waals surface area (Å²) in [5.41, 5.74) is 1.70. The highest BCUT2D eigenvalue weighted by Gasteiger charge is 2.28. The number of nitrogens with one attached hydrogen (secondary N) is 1. The van der Waals surface area contributed by atoms with Crippen molar-refractivity contribution in [3.05, 3.63) is 53.2 Å². The van der Waals surface area contributed by atoms with Gasteiger partial charge in [0.1, 0.15) is 5.75 Å². The van der Waals surface area contributed by atoms with Gasteiger partial charge in [-0.3, -0.25) is 9.20 Å². The van der Waals surface area contributed by atoms with Gasteiger partial charge >= 0.3 is 0 Å². The van der Waals surface area contributed by atoms with E-state index in [1.54, 1.807) is 19.4 Å². The van der Waals surface area contributed by atoms with Crippen molar-refractivity contribution >= 4 is 29.1 Å². The Kier molecular flexibility index (Phi) is 5.34. The molecule has 1 N–H and O–H groups in total. The lowest BCUT2D eigenvalue weighted by molar-refractivity contribution is -0.125. The maximum Gasteiger partial charge on any atom is 0.231 e. The first-order chi connectivity index (χ1) is 13.7. The molecule has 1 atom stereocenters. The Balaban J connectivity index is 1.44. The number of fused-ring (bicyclic) bond motifs is 1. The number of carbonyl (C=O) groups is 1. The lowest BCUT2D eigenvalue weighted by Gasteiger charge is -2.32. The number of aromatic nitrogens is 3. The van der Waals surface area contributed by atoms with Crippen LogP contribution < -0.4 is 15.0 Å². The zero-order valence-electron chi connectivity index (χ0n) is 15.6. The summed E-state index contributed by atoms with van der Waals surface area (Å²) in [6.07, 6.45) is 3.57. The van der Waals surface area contributed by atoms with Crippen molar-refractivity contribution < 1.29 is 9.53 Å². The van der Waals surface area contributed by atoms with E-state index >= 15 is 0 Å². The average molecular weight is 400 g/mol. The van der Waals surface area contributed by atoms with Crippen LogP contribution in [-0.2, 0) is 11.3 Å². The van der Waals surface area contributed by atoms with Gasteiger partial charge in [-0.1, -0.05) is 29.8 Å². The van der Waals surface area contributed by atoms with E-state index in [-0.39, 0.29) is 11.8 Å². The van der Waals surface area contributed by atoms with Crippen LogP contribution in [0.4, 0.5) is 5.95 Å². The predicted molar refractivity (Wildman–Crippen MR) is 108 cm³/mol. The smallest absolute Gasteiger partial charge is 0.231 e. The number of ether oxygens (including phenoxy) is 1. The summed E-state index contributed by atoms with van der Waals surface area (Å²) in [5, 5.41) is 12.2. The number of methoxy groups -OCH3 is 1. The SMILES string of the molecule is COc1ccccc1CNC(=O)[C@@H]1CCCN(c2nnc3ccc(Cl)cn23)C1. The van der Waals surface area contributed by atoms with Gasteiger partial charge in [-0.15, -0.1) is 10.2 Å². The quantitative estimate of drug-likeness (QED) is 0.714. The molecule has 146 valence electrons. The number of para-hydroxylation sites is 1. The van der Waals surface area contributed by atoms with Crippen molar-refractivity contribution in [3.8, 4) is 5.75 Å². The van der Waals surface area contributed by atoms with Gasteiger partial charge in [-0.2, -0.15) is 0 Å². The van der Waals surface area contributed by atoms with E-state index in [0.717, 1.165) is 42.3 Å². The summed E-state index contributed by atoms with van der Waals surface area (Å²) >= 11 is 6.12. The number of halogens is 1. The Labute approximate surface area is 168 Å². The summed E-state index contributed by atoms with van der Waals surface area (Å²) in [6.45, 7) is 1.89. The maximum absolute atomic E-state index is 12.8. The van der Waals surface area contributed by atoms with Gasteiger partial charge in [0, 0.05) is 31.4 Å². The van der Waals surface area contributed by atoms with E-state index in [9.17, 15) is 4.79 Å². The minimum atomic E-state index is -0.102.